The van der Waals surface area contributed by atoms with Crippen LogP contribution in [-0.2, 0) is 0 Å². The van der Waals surface area contributed by atoms with Gasteiger partial charge in [-0.25, -0.2) is 0 Å². The van der Waals surface area contributed by atoms with E-state index >= 15 is 0 Å². The molecule has 1 aromatic rings. The molecule has 2 unspecified atom stereocenters. The molecule has 106 valence electrons. The standard InChI is InChI=1S/C15H23BrN2O/c1-18-8-4-3-5-11(10-17)15(18)13-9-12(16)6-7-14(13)19-2/h6-7,9,11,15H,3-5,8,10,17H2,1-2H3. The zero-order valence-corrected chi connectivity index (χ0v) is 13.3. The molecule has 2 atom stereocenters. The summed E-state index contributed by atoms with van der Waals surface area (Å²) in [5, 5.41) is 0. The van der Waals surface area contributed by atoms with Crippen molar-refractivity contribution >= 4 is 15.9 Å². The third-order valence-corrected chi connectivity index (χ3v) is 4.56. The Morgan fingerprint density at radius 1 is 1.42 bits per heavy atom. The molecule has 0 radical (unpaired) electrons. The smallest absolute Gasteiger partial charge is 0.123 e. The van der Waals surface area contributed by atoms with E-state index < -0.39 is 0 Å². The van der Waals surface area contributed by atoms with Crippen LogP contribution >= 0.6 is 15.9 Å². The van der Waals surface area contributed by atoms with Crippen molar-refractivity contribution < 1.29 is 4.74 Å². The molecule has 1 fully saturated rings. The molecule has 1 heterocycles. The van der Waals surface area contributed by atoms with E-state index in [0.717, 1.165) is 23.3 Å². The number of benzene rings is 1. The number of ether oxygens (including phenoxy) is 1. The van der Waals surface area contributed by atoms with Crippen LogP contribution in [0, 0.1) is 5.92 Å². The number of halogens is 1. The van der Waals surface area contributed by atoms with E-state index in [-0.39, 0.29) is 0 Å². The van der Waals surface area contributed by atoms with Crippen LogP contribution in [0.2, 0.25) is 0 Å². The van der Waals surface area contributed by atoms with Gasteiger partial charge < -0.3 is 10.5 Å². The molecule has 0 spiro atoms. The van der Waals surface area contributed by atoms with Crippen LogP contribution < -0.4 is 10.5 Å². The summed E-state index contributed by atoms with van der Waals surface area (Å²) in [6.07, 6.45) is 3.71. The Morgan fingerprint density at radius 3 is 2.89 bits per heavy atom. The summed E-state index contributed by atoms with van der Waals surface area (Å²) in [4.78, 5) is 2.43. The van der Waals surface area contributed by atoms with Crippen LogP contribution in [0.15, 0.2) is 22.7 Å². The second-order valence-electron chi connectivity index (χ2n) is 5.30. The average Bonchev–Trinajstić information content (AvgIpc) is 2.60. The van der Waals surface area contributed by atoms with Gasteiger partial charge in [-0.3, -0.25) is 4.90 Å². The van der Waals surface area contributed by atoms with E-state index in [9.17, 15) is 0 Å². The lowest BCUT2D eigenvalue weighted by atomic mass is 9.89. The molecule has 1 saturated heterocycles. The minimum atomic E-state index is 0.347. The number of hydrogen-bond acceptors (Lipinski definition) is 3. The molecule has 0 amide bonds. The van der Waals surface area contributed by atoms with Crippen molar-refractivity contribution in [2.45, 2.75) is 25.3 Å². The van der Waals surface area contributed by atoms with E-state index in [1.165, 1.54) is 24.8 Å². The van der Waals surface area contributed by atoms with Crippen molar-refractivity contribution in [2.24, 2.45) is 11.7 Å². The Labute approximate surface area is 124 Å². The first-order valence-electron chi connectivity index (χ1n) is 6.91. The van der Waals surface area contributed by atoms with Crippen molar-refractivity contribution in [1.29, 1.82) is 0 Å². The summed E-state index contributed by atoms with van der Waals surface area (Å²) in [6, 6.07) is 6.58. The number of nitrogens with two attached hydrogens (primary N) is 1. The minimum Gasteiger partial charge on any atom is -0.496 e. The lowest BCUT2D eigenvalue weighted by Crippen LogP contribution is -2.33. The fourth-order valence-electron chi connectivity index (χ4n) is 3.10. The van der Waals surface area contributed by atoms with Crippen molar-refractivity contribution in [3.8, 4) is 5.75 Å². The first-order chi connectivity index (χ1) is 9.17. The second kappa shape index (κ2) is 6.73. The lowest BCUT2D eigenvalue weighted by molar-refractivity contribution is 0.191. The Hall–Kier alpha value is -0.580. The normalized spacial score (nSPS) is 25.1. The molecule has 2 rings (SSSR count). The van der Waals surface area contributed by atoms with Gasteiger partial charge in [-0.05, 0) is 57.1 Å². The molecule has 1 aliphatic heterocycles. The van der Waals surface area contributed by atoms with E-state index in [2.05, 4.69) is 33.9 Å². The van der Waals surface area contributed by atoms with Crippen molar-refractivity contribution in [3.63, 3.8) is 0 Å². The number of likely N-dealkylation sites (tertiary alicyclic amines) is 1. The van der Waals surface area contributed by atoms with Gasteiger partial charge in [0.05, 0.1) is 7.11 Å². The second-order valence-corrected chi connectivity index (χ2v) is 6.22. The highest BCUT2D eigenvalue weighted by Gasteiger charge is 2.30. The summed E-state index contributed by atoms with van der Waals surface area (Å²) >= 11 is 3.57. The molecule has 19 heavy (non-hydrogen) atoms. The van der Waals surface area contributed by atoms with Gasteiger partial charge in [0.15, 0.2) is 0 Å². The van der Waals surface area contributed by atoms with Gasteiger partial charge in [0.25, 0.3) is 0 Å². The van der Waals surface area contributed by atoms with E-state index in [0.29, 0.717) is 12.0 Å². The van der Waals surface area contributed by atoms with Crippen LogP contribution in [0.3, 0.4) is 0 Å². The van der Waals surface area contributed by atoms with Crippen LogP contribution in [0.4, 0.5) is 0 Å². The largest absolute Gasteiger partial charge is 0.496 e. The predicted octanol–water partition coefficient (Wildman–Crippen LogP) is 3.19. The van der Waals surface area contributed by atoms with Gasteiger partial charge in [-0.2, -0.15) is 0 Å². The Morgan fingerprint density at radius 2 is 2.21 bits per heavy atom. The fraction of sp³-hybridized carbons (Fsp3) is 0.600. The average molecular weight is 327 g/mol. The topological polar surface area (TPSA) is 38.5 Å². The number of nitrogens with zero attached hydrogens (tertiary/aromatic N) is 1. The van der Waals surface area contributed by atoms with Crippen LogP contribution in [0.5, 0.6) is 5.75 Å². The van der Waals surface area contributed by atoms with Crippen LogP contribution in [0.1, 0.15) is 30.9 Å². The number of methoxy groups -OCH3 is 1. The maximum Gasteiger partial charge on any atom is 0.123 e. The molecule has 4 heteroatoms. The van der Waals surface area contributed by atoms with Crippen molar-refractivity contribution in [3.05, 3.63) is 28.2 Å². The molecular weight excluding hydrogens is 304 g/mol. The van der Waals surface area contributed by atoms with Gasteiger partial charge in [-0.15, -0.1) is 0 Å². The highest BCUT2D eigenvalue weighted by Crippen LogP contribution is 2.39. The van der Waals surface area contributed by atoms with Gasteiger partial charge in [0.2, 0.25) is 0 Å². The van der Waals surface area contributed by atoms with Crippen molar-refractivity contribution in [1.82, 2.24) is 4.90 Å². The highest BCUT2D eigenvalue weighted by molar-refractivity contribution is 9.10. The summed E-state index contributed by atoms with van der Waals surface area (Å²) in [5.41, 5.74) is 7.26. The van der Waals surface area contributed by atoms with Crippen LogP contribution in [0.25, 0.3) is 0 Å². The Kier molecular flexibility index (Phi) is 5.25. The Bertz CT molecular complexity index is 425. The molecular formula is C15H23BrN2O. The minimum absolute atomic E-state index is 0.347. The Balaban J connectivity index is 2.42. The van der Waals surface area contributed by atoms with E-state index in [1.807, 2.05) is 12.1 Å². The number of rotatable bonds is 3. The zero-order chi connectivity index (χ0) is 13.8. The fourth-order valence-corrected chi connectivity index (χ4v) is 3.48. The molecule has 1 aliphatic rings. The molecule has 0 aliphatic carbocycles. The highest BCUT2D eigenvalue weighted by atomic mass is 79.9. The summed E-state index contributed by atoms with van der Waals surface area (Å²) in [5.74, 6) is 1.45. The van der Waals surface area contributed by atoms with E-state index in [4.69, 9.17) is 10.5 Å². The molecule has 1 aromatic carbocycles. The SMILES string of the molecule is COc1ccc(Br)cc1C1C(CN)CCCCN1C. The zero-order valence-electron chi connectivity index (χ0n) is 11.7. The predicted molar refractivity (Wildman–Crippen MR) is 82.5 cm³/mol. The first-order valence-corrected chi connectivity index (χ1v) is 7.70. The molecule has 0 bridgehead atoms. The summed E-state index contributed by atoms with van der Waals surface area (Å²) < 4.78 is 6.64. The van der Waals surface area contributed by atoms with E-state index in [1.54, 1.807) is 7.11 Å². The lowest BCUT2D eigenvalue weighted by Gasteiger charge is -2.33. The molecule has 0 saturated carbocycles. The summed E-state index contributed by atoms with van der Waals surface area (Å²) in [6.45, 7) is 1.85. The van der Waals surface area contributed by atoms with Gasteiger partial charge in [0.1, 0.15) is 5.75 Å². The number of hydrogen-bond donors (Lipinski definition) is 1. The maximum atomic E-state index is 6.01. The maximum absolute atomic E-state index is 6.01. The molecule has 0 aromatic heterocycles. The molecule has 2 N–H and O–H groups in total. The molecule has 3 nitrogen and oxygen atoms in total. The summed E-state index contributed by atoms with van der Waals surface area (Å²) in [7, 11) is 3.93. The van der Waals surface area contributed by atoms with Gasteiger partial charge in [0, 0.05) is 16.1 Å². The third kappa shape index (κ3) is 3.30. The first kappa shape index (κ1) is 14.8. The van der Waals surface area contributed by atoms with Crippen LogP contribution in [-0.4, -0.2) is 32.1 Å². The van der Waals surface area contributed by atoms with Crippen molar-refractivity contribution in [2.75, 3.05) is 27.2 Å². The monoisotopic (exact) mass is 326 g/mol. The quantitative estimate of drug-likeness (QED) is 0.927. The van der Waals surface area contributed by atoms with Gasteiger partial charge >= 0.3 is 0 Å². The third-order valence-electron chi connectivity index (χ3n) is 4.07. The van der Waals surface area contributed by atoms with Gasteiger partial charge in [-0.1, -0.05) is 22.4 Å².